The van der Waals surface area contributed by atoms with Gasteiger partial charge in [0.25, 0.3) is 0 Å². The maximum absolute atomic E-state index is 9.12. The Morgan fingerprint density at radius 2 is 2.29 bits per heavy atom. The summed E-state index contributed by atoms with van der Waals surface area (Å²) in [7, 11) is 0. The first kappa shape index (κ1) is 16.0. The number of rotatable bonds is 4. The number of benzene rings is 1. The maximum atomic E-state index is 9.12. The molecule has 21 heavy (non-hydrogen) atoms. The van der Waals surface area contributed by atoms with Gasteiger partial charge in [-0.25, -0.2) is 0 Å². The lowest BCUT2D eigenvalue weighted by atomic mass is 10.0. The highest BCUT2D eigenvalue weighted by molar-refractivity contribution is 7.99. The summed E-state index contributed by atoms with van der Waals surface area (Å²) in [5.74, 6) is 1.09. The van der Waals surface area contributed by atoms with Crippen molar-refractivity contribution < 1.29 is 9.94 Å². The number of hydrogen-bond acceptors (Lipinski definition) is 5. The molecule has 1 aromatic rings. The van der Waals surface area contributed by atoms with Gasteiger partial charge in [0.1, 0.15) is 0 Å². The number of hydrogen-bond donors (Lipinski definition) is 2. The molecule has 1 saturated heterocycles. The lowest BCUT2D eigenvalue weighted by Gasteiger charge is -2.40. The Bertz CT molecular complexity index is 532. The summed E-state index contributed by atoms with van der Waals surface area (Å²) in [6, 6.07) is 6.05. The van der Waals surface area contributed by atoms with Crippen LogP contribution in [0.5, 0.6) is 0 Å². The third-order valence-electron chi connectivity index (χ3n) is 3.43. The number of nitrogens with two attached hydrogens (primary N) is 1. The summed E-state index contributed by atoms with van der Waals surface area (Å²) in [6.07, 6.45) is 0. The Balaban J connectivity index is 2.45. The molecule has 116 valence electrons. The van der Waals surface area contributed by atoms with Crippen molar-refractivity contribution in [1.82, 2.24) is 0 Å². The van der Waals surface area contributed by atoms with E-state index in [2.05, 4.69) is 30.8 Å². The van der Waals surface area contributed by atoms with Crippen molar-refractivity contribution in [3.8, 4) is 0 Å². The average molecular weight is 309 g/mol. The van der Waals surface area contributed by atoms with Crippen LogP contribution in [-0.4, -0.2) is 42.1 Å². The zero-order chi connectivity index (χ0) is 15.5. The molecule has 0 amide bonds. The van der Waals surface area contributed by atoms with Crippen LogP contribution in [-0.2, 0) is 4.74 Å². The van der Waals surface area contributed by atoms with Gasteiger partial charge in [-0.2, -0.15) is 0 Å². The fourth-order valence-corrected chi connectivity index (χ4v) is 3.43. The van der Waals surface area contributed by atoms with Gasteiger partial charge in [0.2, 0.25) is 0 Å². The summed E-state index contributed by atoms with van der Waals surface area (Å²) < 4.78 is 5.76. The molecule has 1 aromatic carbocycles. The average Bonchev–Trinajstić information content (AvgIpc) is 2.45. The zero-order valence-corrected chi connectivity index (χ0v) is 13.6. The third kappa shape index (κ3) is 3.63. The van der Waals surface area contributed by atoms with Crippen molar-refractivity contribution in [2.24, 2.45) is 10.9 Å². The first-order valence-electron chi connectivity index (χ1n) is 7.11. The Kier molecular flexibility index (Phi) is 5.00. The van der Waals surface area contributed by atoms with Crippen LogP contribution in [0, 0.1) is 0 Å². The van der Waals surface area contributed by atoms with Crippen molar-refractivity contribution in [3.63, 3.8) is 0 Å². The van der Waals surface area contributed by atoms with E-state index in [4.69, 9.17) is 15.7 Å². The Hall–Kier alpha value is -1.40. The van der Waals surface area contributed by atoms with Crippen LogP contribution >= 0.6 is 11.8 Å². The van der Waals surface area contributed by atoms with Gasteiger partial charge < -0.3 is 20.6 Å². The first-order valence-corrected chi connectivity index (χ1v) is 8.09. The van der Waals surface area contributed by atoms with Gasteiger partial charge >= 0.3 is 0 Å². The van der Waals surface area contributed by atoms with Crippen LogP contribution in [0.25, 0.3) is 0 Å². The Morgan fingerprint density at radius 3 is 2.90 bits per heavy atom. The van der Waals surface area contributed by atoms with Gasteiger partial charge in [-0.05, 0) is 31.7 Å². The van der Waals surface area contributed by atoms with Gasteiger partial charge in [-0.1, -0.05) is 18.1 Å². The summed E-state index contributed by atoms with van der Waals surface area (Å²) in [4.78, 5) is 3.28. The van der Waals surface area contributed by atoms with Crippen LogP contribution in [0.1, 0.15) is 26.3 Å². The quantitative estimate of drug-likeness (QED) is 0.294. The van der Waals surface area contributed by atoms with Gasteiger partial charge in [0.05, 0.1) is 17.8 Å². The fourth-order valence-electron chi connectivity index (χ4n) is 2.59. The number of morpholine rings is 1. The van der Waals surface area contributed by atoms with Crippen molar-refractivity contribution in [2.75, 3.05) is 30.3 Å². The van der Waals surface area contributed by atoms with E-state index in [0.717, 1.165) is 35.0 Å². The largest absolute Gasteiger partial charge is 0.409 e. The van der Waals surface area contributed by atoms with Gasteiger partial charge in [0.15, 0.2) is 5.84 Å². The first-order chi connectivity index (χ1) is 9.98. The molecular weight excluding hydrogens is 286 g/mol. The van der Waals surface area contributed by atoms with E-state index < -0.39 is 0 Å². The maximum Gasteiger partial charge on any atom is 0.173 e. The number of amidine groups is 1. The molecule has 0 unspecified atom stereocenters. The molecule has 0 atom stereocenters. The second kappa shape index (κ2) is 6.58. The summed E-state index contributed by atoms with van der Waals surface area (Å²) in [6.45, 7) is 8.49. The van der Waals surface area contributed by atoms with Crippen LogP contribution in [0.4, 0.5) is 5.69 Å². The minimum absolute atomic E-state index is 0.158. The lowest BCUT2D eigenvalue weighted by Crippen LogP contribution is -2.49. The molecule has 1 fully saturated rings. The highest BCUT2D eigenvalue weighted by Crippen LogP contribution is 2.33. The van der Waals surface area contributed by atoms with Crippen LogP contribution in [0.15, 0.2) is 28.3 Å². The van der Waals surface area contributed by atoms with Gasteiger partial charge in [0, 0.05) is 23.7 Å². The zero-order valence-electron chi connectivity index (χ0n) is 12.8. The predicted molar refractivity (Wildman–Crippen MR) is 87.6 cm³/mol. The highest BCUT2D eigenvalue weighted by atomic mass is 32.2. The second-order valence-electron chi connectivity index (χ2n) is 5.60. The molecule has 0 aromatic heterocycles. The monoisotopic (exact) mass is 309 g/mol. The highest BCUT2D eigenvalue weighted by Gasteiger charge is 2.29. The number of nitrogens with zero attached hydrogens (tertiary/aromatic N) is 2. The van der Waals surface area contributed by atoms with Crippen LogP contribution < -0.4 is 10.6 Å². The molecule has 1 heterocycles. The van der Waals surface area contributed by atoms with E-state index in [1.54, 1.807) is 11.8 Å². The predicted octanol–water partition coefficient (Wildman–Crippen LogP) is 2.51. The van der Waals surface area contributed by atoms with Crippen molar-refractivity contribution >= 4 is 23.3 Å². The molecule has 1 aliphatic rings. The second-order valence-corrected chi connectivity index (χ2v) is 6.90. The summed E-state index contributed by atoms with van der Waals surface area (Å²) in [5, 5.41) is 12.3. The molecule has 0 aliphatic carbocycles. The van der Waals surface area contributed by atoms with E-state index in [1.165, 1.54) is 0 Å². The number of oxime groups is 1. The minimum atomic E-state index is -0.200. The lowest BCUT2D eigenvalue weighted by molar-refractivity contribution is -0.0277. The van der Waals surface area contributed by atoms with E-state index >= 15 is 0 Å². The minimum Gasteiger partial charge on any atom is -0.409 e. The molecule has 0 bridgehead atoms. The molecular formula is C15H23N3O2S. The number of anilines is 1. The fraction of sp³-hybridized carbons (Fsp3) is 0.533. The van der Waals surface area contributed by atoms with E-state index in [9.17, 15) is 0 Å². The molecule has 0 radical (unpaired) electrons. The number of thioether (sulfide) groups is 1. The summed E-state index contributed by atoms with van der Waals surface area (Å²) in [5.41, 5.74) is 7.54. The van der Waals surface area contributed by atoms with Gasteiger partial charge in [-0.3, -0.25) is 0 Å². The van der Waals surface area contributed by atoms with Crippen molar-refractivity contribution in [2.45, 2.75) is 31.3 Å². The van der Waals surface area contributed by atoms with Crippen molar-refractivity contribution in [3.05, 3.63) is 23.8 Å². The van der Waals surface area contributed by atoms with E-state index in [1.807, 2.05) is 18.2 Å². The van der Waals surface area contributed by atoms with Gasteiger partial charge in [-0.15, -0.1) is 11.8 Å². The van der Waals surface area contributed by atoms with Crippen LogP contribution in [0.2, 0.25) is 0 Å². The normalized spacial score (nSPS) is 18.8. The molecule has 1 aliphatic heterocycles. The SMILES string of the molecule is CCSc1cccc(N2CCOC(C)(C)C2)c1/C(N)=N/O. The molecule has 0 saturated carbocycles. The topological polar surface area (TPSA) is 71.1 Å². The molecule has 3 N–H and O–H groups in total. The Morgan fingerprint density at radius 1 is 1.52 bits per heavy atom. The molecule has 0 spiro atoms. The number of ether oxygens (including phenoxy) is 1. The van der Waals surface area contributed by atoms with Crippen LogP contribution in [0.3, 0.4) is 0 Å². The van der Waals surface area contributed by atoms with E-state index in [0.29, 0.717) is 6.61 Å². The summed E-state index contributed by atoms with van der Waals surface area (Å²) >= 11 is 1.69. The molecule has 2 rings (SSSR count). The molecule has 5 nitrogen and oxygen atoms in total. The molecule has 6 heteroatoms. The standard InChI is InChI=1S/C15H23N3O2S/c1-4-21-12-7-5-6-11(13(12)14(16)17-19)18-8-9-20-15(2,3)10-18/h5-7,19H,4,8-10H2,1-3H3,(H2,16,17). The van der Waals surface area contributed by atoms with Crippen molar-refractivity contribution in [1.29, 1.82) is 0 Å². The van der Waals surface area contributed by atoms with E-state index in [-0.39, 0.29) is 11.4 Å². The smallest absolute Gasteiger partial charge is 0.173 e. The third-order valence-corrected chi connectivity index (χ3v) is 4.37. The Labute approximate surface area is 130 Å².